The van der Waals surface area contributed by atoms with Gasteiger partial charge in [0.05, 0.1) is 6.61 Å². The van der Waals surface area contributed by atoms with Gasteiger partial charge in [0.2, 0.25) is 5.91 Å². The Balaban J connectivity index is 1.60. The highest BCUT2D eigenvalue weighted by Crippen LogP contribution is 2.11. The quantitative estimate of drug-likeness (QED) is 0.742. The number of nitrogens with zero attached hydrogens (tertiary/aromatic N) is 1. The van der Waals surface area contributed by atoms with Crippen LogP contribution >= 0.6 is 0 Å². The molecule has 138 valence electrons. The van der Waals surface area contributed by atoms with Crippen molar-refractivity contribution in [2.24, 2.45) is 0 Å². The Bertz CT molecular complexity index is 569. The lowest BCUT2D eigenvalue weighted by Crippen LogP contribution is -2.47. The molecule has 1 aliphatic heterocycles. The van der Waals surface area contributed by atoms with Gasteiger partial charge in [0.15, 0.2) is 0 Å². The van der Waals surface area contributed by atoms with E-state index in [1.165, 1.54) is 11.1 Å². The number of aryl methyl sites for hydroxylation is 1. The molecule has 0 unspecified atom stereocenters. The molecule has 0 radical (unpaired) electrons. The predicted octanol–water partition coefficient (Wildman–Crippen LogP) is 2.21. The Hall–Kier alpha value is -2.08. The summed E-state index contributed by atoms with van der Waals surface area (Å²) in [6.45, 7) is 6.99. The van der Waals surface area contributed by atoms with E-state index in [-0.39, 0.29) is 18.0 Å². The van der Waals surface area contributed by atoms with Gasteiger partial charge in [-0.3, -0.25) is 4.79 Å². The SMILES string of the molecule is CCOC(=O)N1CCC(NC(=O)CCNCc2ccccc2C)CC1. The van der Waals surface area contributed by atoms with E-state index < -0.39 is 0 Å². The molecule has 1 fully saturated rings. The molecule has 25 heavy (non-hydrogen) atoms. The van der Waals surface area contributed by atoms with Crippen molar-refractivity contribution in [3.63, 3.8) is 0 Å². The van der Waals surface area contributed by atoms with Crippen molar-refractivity contribution >= 4 is 12.0 Å². The fourth-order valence-electron chi connectivity index (χ4n) is 2.95. The number of piperidine rings is 1. The molecule has 1 aromatic carbocycles. The highest BCUT2D eigenvalue weighted by atomic mass is 16.6. The Morgan fingerprint density at radius 1 is 1.24 bits per heavy atom. The second-order valence-electron chi connectivity index (χ2n) is 6.38. The molecule has 0 aliphatic carbocycles. The molecule has 6 heteroatoms. The van der Waals surface area contributed by atoms with E-state index in [0.29, 0.717) is 32.7 Å². The van der Waals surface area contributed by atoms with E-state index >= 15 is 0 Å². The van der Waals surface area contributed by atoms with Crippen molar-refractivity contribution < 1.29 is 14.3 Å². The summed E-state index contributed by atoms with van der Waals surface area (Å²) in [5, 5.41) is 6.38. The first-order chi connectivity index (χ1) is 12.1. The molecule has 2 N–H and O–H groups in total. The van der Waals surface area contributed by atoms with Gasteiger partial charge in [-0.15, -0.1) is 0 Å². The zero-order chi connectivity index (χ0) is 18.1. The van der Waals surface area contributed by atoms with Crippen LogP contribution in [0, 0.1) is 6.92 Å². The molecule has 1 heterocycles. The smallest absolute Gasteiger partial charge is 0.409 e. The van der Waals surface area contributed by atoms with Gasteiger partial charge >= 0.3 is 6.09 Å². The number of carbonyl (C=O) groups excluding carboxylic acids is 2. The Morgan fingerprint density at radius 2 is 1.96 bits per heavy atom. The topological polar surface area (TPSA) is 70.7 Å². The van der Waals surface area contributed by atoms with Crippen LogP contribution in [0.1, 0.15) is 37.3 Å². The van der Waals surface area contributed by atoms with E-state index in [0.717, 1.165) is 19.4 Å². The van der Waals surface area contributed by atoms with Crippen LogP contribution in [0.4, 0.5) is 4.79 Å². The average molecular weight is 347 g/mol. The predicted molar refractivity (Wildman–Crippen MR) is 97.3 cm³/mol. The summed E-state index contributed by atoms with van der Waals surface area (Å²) in [5.74, 6) is 0.0619. The van der Waals surface area contributed by atoms with Crippen molar-refractivity contribution in [2.75, 3.05) is 26.2 Å². The minimum Gasteiger partial charge on any atom is -0.450 e. The minimum absolute atomic E-state index is 0.0619. The summed E-state index contributed by atoms with van der Waals surface area (Å²) >= 11 is 0. The fourth-order valence-corrected chi connectivity index (χ4v) is 2.95. The third-order valence-electron chi connectivity index (χ3n) is 4.49. The van der Waals surface area contributed by atoms with Crippen LogP contribution < -0.4 is 10.6 Å². The summed E-state index contributed by atoms with van der Waals surface area (Å²) < 4.78 is 5.00. The van der Waals surface area contributed by atoms with E-state index in [2.05, 4.69) is 29.7 Å². The van der Waals surface area contributed by atoms with Crippen LogP contribution in [-0.4, -0.2) is 49.2 Å². The lowest BCUT2D eigenvalue weighted by molar-refractivity contribution is -0.122. The van der Waals surface area contributed by atoms with Crippen LogP contribution in [0.2, 0.25) is 0 Å². The number of likely N-dealkylation sites (tertiary alicyclic amines) is 1. The number of hydrogen-bond donors (Lipinski definition) is 2. The zero-order valence-corrected chi connectivity index (χ0v) is 15.2. The van der Waals surface area contributed by atoms with Gasteiger partial charge in [-0.1, -0.05) is 24.3 Å². The number of hydrogen-bond acceptors (Lipinski definition) is 4. The number of nitrogens with one attached hydrogen (secondary N) is 2. The lowest BCUT2D eigenvalue weighted by atomic mass is 10.1. The molecule has 2 amide bonds. The lowest BCUT2D eigenvalue weighted by Gasteiger charge is -2.31. The van der Waals surface area contributed by atoms with E-state index in [1.807, 2.05) is 12.1 Å². The van der Waals surface area contributed by atoms with Gasteiger partial charge in [0.25, 0.3) is 0 Å². The highest BCUT2D eigenvalue weighted by Gasteiger charge is 2.24. The molecule has 1 saturated heterocycles. The first-order valence-corrected chi connectivity index (χ1v) is 9.06. The minimum atomic E-state index is -0.257. The van der Waals surface area contributed by atoms with Crippen molar-refractivity contribution in [3.05, 3.63) is 35.4 Å². The maximum absolute atomic E-state index is 12.1. The van der Waals surface area contributed by atoms with E-state index in [4.69, 9.17) is 4.74 Å². The molecule has 0 aromatic heterocycles. The van der Waals surface area contributed by atoms with Crippen molar-refractivity contribution in [2.45, 2.75) is 45.7 Å². The van der Waals surface area contributed by atoms with Gasteiger partial charge < -0.3 is 20.3 Å². The van der Waals surface area contributed by atoms with Gasteiger partial charge in [0, 0.05) is 38.6 Å². The first-order valence-electron chi connectivity index (χ1n) is 9.06. The number of benzene rings is 1. The number of ether oxygens (including phenoxy) is 1. The third kappa shape index (κ3) is 6.38. The summed E-state index contributed by atoms with van der Waals surface area (Å²) in [4.78, 5) is 25.4. The van der Waals surface area contributed by atoms with Crippen molar-refractivity contribution in [1.29, 1.82) is 0 Å². The number of amides is 2. The normalized spacial score (nSPS) is 15.0. The molecule has 1 aliphatic rings. The largest absolute Gasteiger partial charge is 0.450 e. The maximum atomic E-state index is 12.1. The van der Waals surface area contributed by atoms with Crippen LogP contribution in [-0.2, 0) is 16.1 Å². The monoisotopic (exact) mass is 347 g/mol. The fraction of sp³-hybridized carbons (Fsp3) is 0.579. The average Bonchev–Trinajstić information content (AvgIpc) is 2.61. The van der Waals surface area contributed by atoms with Crippen LogP contribution in [0.15, 0.2) is 24.3 Å². The molecule has 2 rings (SSSR count). The van der Waals surface area contributed by atoms with Gasteiger partial charge in [0.1, 0.15) is 0 Å². The van der Waals surface area contributed by atoms with Gasteiger partial charge in [-0.2, -0.15) is 0 Å². The molecule has 1 aromatic rings. The molecule has 6 nitrogen and oxygen atoms in total. The highest BCUT2D eigenvalue weighted by molar-refractivity contribution is 5.76. The van der Waals surface area contributed by atoms with Crippen molar-refractivity contribution in [3.8, 4) is 0 Å². The second-order valence-corrected chi connectivity index (χ2v) is 6.38. The summed E-state index contributed by atoms with van der Waals surface area (Å²) in [6.07, 6.45) is 1.76. The van der Waals surface area contributed by atoms with E-state index in [9.17, 15) is 9.59 Å². The molecule has 0 atom stereocenters. The third-order valence-corrected chi connectivity index (χ3v) is 4.49. The summed E-state index contributed by atoms with van der Waals surface area (Å²) in [7, 11) is 0. The summed E-state index contributed by atoms with van der Waals surface area (Å²) in [6, 6.07) is 8.39. The molecule has 0 spiro atoms. The molecule has 0 saturated carbocycles. The first kappa shape index (κ1) is 19.2. The standard InChI is InChI=1S/C19H29N3O3/c1-3-25-19(24)22-12-9-17(10-13-22)21-18(23)8-11-20-14-16-7-5-4-6-15(16)2/h4-7,17,20H,3,8-14H2,1-2H3,(H,21,23). The zero-order valence-electron chi connectivity index (χ0n) is 15.2. The van der Waals surface area contributed by atoms with Crippen LogP contribution in [0.25, 0.3) is 0 Å². The second kappa shape index (κ2) is 10.0. The van der Waals surface area contributed by atoms with Gasteiger partial charge in [-0.05, 0) is 37.8 Å². The Kier molecular flexibility index (Phi) is 7.73. The number of carbonyl (C=O) groups is 2. The molecular formula is C19H29N3O3. The Morgan fingerprint density at radius 3 is 2.64 bits per heavy atom. The van der Waals surface area contributed by atoms with Gasteiger partial charge in [-0.25, -0.2) is 4.79 Å². The summed E-state index contributed by atoms with van der Waals surface area (Å²) in [5.41, 5.74) is 2.52. The Labute approximate surface area is 149 Å². The van der Waals surface area contributed by atoms with E-state index in [1.54, 1.807) is 11.8 Å². The van der Waals surface area contributed by atoms with Crippen LogP contribution in [0.5, 0.6) is 0 Å². The number of rotatable bonds is 7. The molecular weight excluding hydrogens is 318 g/mol. The van der Waals surface area contributed by atoms with Crippen LogP contribution in [0.3, 0.4) is 0 Å². The maximum Gasteiger partial charge on any atom is 0.409 e. The van der Waals surface area contributed by atoms with Crippen molar-refractivity contribution in [1.82, 2.24) is 15.5 Å². The molecule has 0 bridgehead atoms.